The van der Waals surface area contributed by atoms with Gasteiger partial charge in [-0.15, -0.1) is 0 Å². The van der Waals surface area contributed by atoms with Crippen molar-refractivity contribution in [1.29, 1.82) is 0 Å². The topological polar surface area (TPSA) is 73.9 Å². The Labute approximate surface area is 142 Å². The van der Waals surface area contributed by atoms with E-state index in [1.165, 1.54) is 0 Å². The van der Waals surface area contributed by atoms with Crippen LogP contribution >= 0.6 is 0 Å². The van der Waals surface area contributed by atoms with Crippen molar-refractivity contribution < 1.29 is 18.0 Å². The highest BCUT2D eigenvalue weighted by Crippen LogP contribution is 2.27. The fraction of sp³-hybridized carbons (Fsp3) is 0.438. The lowest BCUT2D eigenvalue weighted by atomic mass is 10.0. The zero-order valence-corrected chi connectivity index (χ0v) is 13.4. The van der Waals surface area contributed by atoms with Crippen molar-refractivity contribution >= 4 is 5.91 Å². The lowest BCUT2D eigenvalue weighted by molar-refractivity contribution is -0.141. The third kappa shape index (κ3) is 4.56. The molecular formula is C16H18F3N5O. The summed E-state index contributed by atoms with van der Waals surface area (Å²) >= 11 is 0. The summed E-state index contributed by atoms with van der Waals surface area (Å²) in [5.41, 5.74) is -0.143. The van der Waals surface area contributed by atoms with Gasteiger partial charge in [-0.2, -0.15) is 18.3 Å². The Morgan fingerprint density at radius 1 is 1.36 bits per heavy atom. The number of alkyl halides is 3. The number of aromatic nitrogens is 3. The van der Waals surface area contributed by atoms with E-state index in [0.29, 0.717) is 0 Å². The van der Waals surface area contributed by atoms with Crippen LogP contribution in [0.1, 0.15) is 34.6 Å². The molecule has 9 heteroatoms. The van der Waals surface area contributed by atoms with Crippen molar-refractivity contribution in [3.63, 3.8) is 0 Å². The fourth-order valence-corrected chi connectivity index (χ4v) is 2.83. The number of nitrogens with zero attached hydrogens (tertiary/aromatic N) is 3. The molecule has 0 aromatic carbocycles. The van der Waals surface area contributed by atoms with Crippen LogP contribution in [0.25, 0.3) is 0 Å². The van der Waals surface area contributed by atoms with E-state index in [9.17, 15) is 18.0 Å². The predicted octanol–water partition coefficient (Wildman–Crippen LogP) is 2.22. The molecule has 0 atom stereocenters. The predicted molar refractivity (Wildman–Crippen MR) is 83.6 cm³/mol. The third-order valence-electron chi connectivity index (χ3n) is 4.17. The monoisotopic (exact) mass is 353 g/mol. The quantitative estimate of drug-likeness (QED) is 0.884. The van der Waals surface area contributed by atoms with Crippen LogP contribution in [0.4, 0.5) is 13.2 Å². The number of likely N-dealkylation sites (tertiary alicyclic amines) is 1. The molecule has 1 amide bonds. The fourth-order valence-electron chi connectivity index (χ4n) is 2.83. The Morgan fingerprint density at radius 2 is 2.12 bits per heavy atom. The molecule has 0 aliphatic carbocycles. The molecule has 2 N–H and O–H groups in total. The van der Waals surface area contributed by atoms with Crippen LogP contribution in [-0.4, -0.2) is 45.1 Å². The van der Waals surface area contributed by atoms with Gasteiger partial charge in [0.25, 0.3) is 5.91 Å². The van der Waals surface area contributed by atoms with E-state index in [0.717, 1.165) is 44.1 Å². The van der Waals surface area contributed by atoms with E-state index >= 15 is 0 Å². The number of amides is 1. The molecule has 25 heavy (non-hydrogen) atoms. The summed E-state index contributed by atoms with van der Waals surface area (Å²) in [5, 5.41) is 8.05. The van der Waals surface area contributed by atoms with Crippen LogP contribution in [-0.2, 0) is 12.7 Å². The number of carbonyl (C=O) groups is 1. The minimum atomic E-state index is -4.54. The van der Waals surface area contributed by atoms with Crippen LogP contribution in [0, 0.1) is 0 Å². The van der Waals surface area contributed by atoms with E-state index in [4.69, 9.17) is 0 Å². The highest BCUT2D eigenvalue weighted by atomic mass is 19.4. The minimum Gasteiger partial charge on any atom is -0.348 e. The lowest BCUT2D eigenvalue weighted by Gasteiger charge is -2.32. The Morgan fingerprint density at radius 3 is 2.72 bits per heavy atom. The number of H-pyrrole nitrogens is 1. The molecule has 0 saturated carbocycles. The largest absolute Gasteiger partial charge is 0.432 e. The highest BCUT2D eigenvalue weighted by Gasteiger charge is 2.34. The van der Waals surface area contributed by atoms with E-state index in [1.807, 2.05) is 23.4 Å². The molecule has 2 aromatic rings. The van der Waals surface area contributed by atoms with Crippen LogP contribution in [0.3, 0.4) is 0 Å². The van der Waals surface area contributed by atoms with E-state index in [2.05, 4.69) is 20.3 Å². The smallest absolute Gasteiger partial charge is 0.348 e. The van der Waals surface area contributed by atoms with Gasteiger partial charge in [0.1, 0.15) is 5.69 Å². The van der Waals surface area contributed by atoms with E-state index in [1.54, 1.807) is 6.20 Å². The number of carbonyl (C=O) groups excluding carboxylic acids is 1. The van der Waals surface area contributed by atoms with Gasteiger partial charge in [-0.05, 0) is 24.5 Å². The third-order valence-corrected chi connectivity index (χ3v) is 4.17. The molecule has 6 nitrogen and oxygen atoms in total. The number of hydrogen-bond donors (Lipinski definition) is 2. The molecular weight excluding hydrogens is 335 g/mol. The Hall–Kier alpha value is -2.42. The molecule has 0 radical (unpaired) electrons. The van der Waals surface area contributed by atoms with Crippen LogP contribution in [0.2, 0.25) is 0 Å². The summed E-state index contributed by atoms with van der Waals surface area (Å²) in [5.74, 6) is -0.586. The molecule has 1 fully saturated rings. The molecule has 3 rings (SSSR count). The Balaban J connectivity index is 1.48. The number of piperidine rings is 1. The van der Waals surface area contributed by atoms with Gasteiger partial charge in [-0.1, -0.05) is 6.07 Å². The minimum absolute atomic E-state index is 0.0660. The van der Waals surface area contributed by atoms with Crippen LogP contribution < -0.4 is 5.32 Å². The first kappa shape index (κ1) is 17.4. The van der Waals surface area contributed by atoms with Gasteiger partial charge in [0, 0.05) is 44.1 Å². The Bertz CT molecular complexity index is 708. The maximum atomic E-state index is 12.5. The molecule has 0 spiro atoms. The lowest BCUT2D eigenvalue weighted by Crippen LogP contribution is -2.44. The van der Waals surface area contributed by atoms with E-state index < -0.39 is 17.8 Å². The van der Waals surface area contributed by atoms with Gasteiger partial charge >= 0.3 is 6.18 Å². The van der Waals surface area contributed by atoms with Crippen molar-refractivity contribution in [3.05, 3.63) is 47.5 Å². The maximum Gasteiger partial charge on any atom is 0.432 e. The number of halogens is 3. The van der Waals surface area contributed by atoms with Crippen LogP contribution in [0.15, 0.2) is 30.6 Å². The summed E-state index contributed by atoms with van der Waals surface area (Å²) < 4.78 is 37.6. The molecule has 1 aliphatic rings. The molecule has 2 aromatic heterocycles. The SMILES string of the molecule is O=C(NC1CCN(Cc2cccnc2)CC1)c1cc(C(F)(F)F)[nH]n1. The first-order valence-corrected chi connectivity index (χ1v) is 7.96. The van der Waals surface area contributed by atoms with Crippen molar-refractivity contribution in [1.82, 2.24) is 25.4 Å². The van der Waals surface area contributed by atoms with Gasteiger partial charge in [0.2, 0.25) is 0 Å². The van der Waals surface area contributed by atoms with Gasteiger partial charge in [0.05, 0.1) is 0 Å². The zero-order valence-electron chi connectivity index (χ0n) is 13.4. The second-order valence-corrected chi connectivity index (χ2v) is 6.05. The Kier molecular flexibility index (Phi) is 5.03. The summed E-state index contributed by atoms with van der Waals surface area (Å²) in [7, 11) is 0. The number of nitrogens with one attached hydrogen (secondary N) is 2. The number of pyridine rings is 1. The first-order valence-electron chi connectivity index (χ1n) is 7.96. The molecule has 1 aliphatic heterocycles. The number of aromatic amines is 1. The standard InChI is InChI=1S/C16H18F3N5O/c17-16(18,19)14-8-13(22-23-14)15(25)21-12-3-6-24(7-4-12)10-11-2-1-5-20-9-11/h1-2,5,8-9,12H,3-4,6-7,10H2,(H,21,25)(H,22,23). The second kappa shape index (κ2) is 7.22. The zero-order chi connectivity index (χ0) is 17.9. The highest BCUT2D eigenvalue weighted by molar-refractivity contribution is 5.92. The van der Waals surface area contributed by atoms with Crippen molar-refractivity contribution in [2.45, 2.75) is 31.6 Å². The van der Waals surface area contributed by atoms with Gasteiger partial charge in [-0.25, -0.2) is 0 Å². The van der Waals surface area contributed by atoms with Crippen molar-refractivity contribution in [2.24, 2.45) is 0 Å². The summed E-state index contributed by atoms with van der Waals surface area (Å²) in [4.78, 5) is 18.4. The average molecular weight is 353 g/mol. The molecule has 0 unspecified atom stereocenters. The summed E-state index contributed by atoms with van der Waals surface area (Å²) in [6.07, 6.45) is 0.489. The second-order valence-electron chi connectivity index (χ2n) is 6.05. The number of hydrogen-bond acceptors (Lipinski definition) is 4. The van der Waals surface area contributed by atoms with Gasteiger partial charge in [-0.3, -0.25) is 19.8 Å². The molecule has 3 heterocycles. The number of rotatable bonds is 4. The summed E-state index contributed by atoms with van der Waals surface area (Å²) in [6.45, 7) is 2.39. The average Bonchev–Trinajstić information content (AvgIpc) is 3.08. The van der Waals surface area contributed by atoms with E-state index in [-0.39, 0.29) is 11.7 Å². The van der Waals surface area contributed by atoms with Crippen molar-refractivity contribution in [3.8, 4) is 0 Å². The molecule has 134 valence electrons. The van der Waals surface area contributed by atoms with Gasteiger partial charge in [0.15, 0.2) is 5.69 Å². The molecule has 0 bridgehead atoms. The summed E-state index contributed by atoms with van der Waals surface area (Å²) in [6, 6.07) is 4.56. The van der Waals surface area contributed by atoms with Crippen molar-refractivity contribution in [2.75, 3.05) is 13.1 Å². The normalized spacial score (nSPS) is 16.8. The maximum absolute atomic E-state index is 12.5. The first-order chi connectivity index (χ1) is 11.9. The van der Waals surface area contributed by atoms with Crippen LogP contribution in [0.5, 0.6) is 0 Å². The molecule has 1 saturated heterocycles. The van der Waals surface area contributed by atoms with Gasteiger partial charge < -0.3 is 5.32 Å².